The zero-order chi connectivity index (χ0) is 11.5. The fourth-order valence-electron chi connectivity index (χ4n) is 1.76. The lowest BCUT2D eigenvalue weighted by Gasteiger charge is -2.11. The van der Waals surface area contributed by atoms with Gasteiger partial charge in [-0.15, -0.1) is 0 Å². The van der Waals surface area contributed by atoms with Crippen molar-refractivity contribution in [2.45, 2.75) is 13.5 Å². The molecule has 0 aliphatic carbocycles. The molecule has 0 spiro atoms. The summed E-state index contributed by atoms with van der Waals surface area (Å²) in [6.07, 6.45) is 0. The molecule has 0 fully saturated rings. The standard InChI is InChI=1S/C13H13NO2/c1-2-14-12(8-11(15)9-13(14)16)10-6-4-3-5-7-10/h3-9,15H,2H2,1H3. The van der Waals surface area contributed by atoms with Gasteiger partial charge >= 0.3 is 0 Å². The number of hydrogen-bond acceptors (Lipinski definition) is 2. The number of aromatic hydroxyl groups is 1. The molecule has 0 amide bonds. The largest absolute Gasteiger partial charge is 0.508 e. The number of aromatic nitrogens is 1. The van der Waals surface area contributed by atoms with Crippen LogP contribution >= 0.6 is 0 Å². The number of hydrogen-bond donors (Lipinski definition) is 1. The van der Waals surface area contributed by atoms with Crippen LogP contribution in [0.2, 0.25) is 0 Å². The first-order valence-corrected chi connectivity index (χ1v) is 5.21. The van der Waals surface area contributed by atoms with E-state index in [1.54, 1.807) is 10.6 Å². The van der Waals surface area contributed by atoms with Gasteiger partial charge in [0.2, 0.25) is 0 Å². The minimum Gasteiger partial charge on any atom is -0.508 e. The Labute approximate surface area is 93.6 Å². The molecule has 0 radical (unpaired) electrons. The Morgan fingerprint density at radius 1 is 1.19 bits per heavy atom. The topological polar surface area (TPSA) is 42.2 Å². The Morgan fingerprint density at radius 2 is 1.88 bits per heavy atom. The van der Waals surface area contributed by atoms with Gasteiger partial charge in [0.25, 0.3) is 5.56 Å². The van der Waals surface area contributed by atoms with E-state index in [4.69, 9.17) is 0 Å². The molecule has 2 aromatic rings. The maximum Gasteiger partial charge on any atom is 0.254 e. The SMILES string of the molecule is CCn1c(-c2ccccc2)cc(O)cc1=O. The van der Waals surface area contributed by atoms with Crippen molar-refractivity contribution in [3.63, 3.8) is 0 Å². The predicted octanol–water partition coefficient (Wildman–Crippen LogP) is 2.24. The van der Waals surface area contributed by atoms with Crippen LogP contribution in [0.25, 0.3) is 11.3 Å². The lowest BCUT2D eigenvalue weighted by molar-refractivity contribution is 0.471. The third-order valence-corrected chi connectivity index (χ3v) is 2.50. The molecule has 0 saturated heterocycles. The summed E-state index contributed by atoms with van der Waals surface area (Å²) in [6.45, 7) is 2.49. The Balaban J connectivity index is 2.69. The maximum absolute atomic E-state index is 11.7. The summed E-state index contributed by atoms with van der Waals surface area (Å²) >= 11 is 0. The van der Waals surface area contributed by atoms with Crippen molar-refractivity contribution in [2.24, 2.45) is 0 Å². The van der Waals surface area contributed by atoms with E-state index in [9.17, 15) is 9.90 Å². The van der Waals surface area contributed by atoms with Crippen LogP contribution in [0.4, 0.5) is 0 Å². The van der Waals surface area contributed by atoms with Crippen LogP contribution < -0.4 is 5.56 Å². The summed E-state index contributed by atoms with van der Waals surface area (Å²) in [7, 11) is 0. The molecular formula is C13H13NO2. The second-order valence-electron chi connectivity index (χ2n) is 3.55. The van der Waals surface area contributed by atoms with Gasteiger partial charge in [-0.1, -0.05) is 30.3 Å². The van der Waals surface area contributed by atoms with Crippen molar-refractivity contribution in [1.82, 2.24) is 4.57 Å². The second kappa shape index (κ2) is 4.23. The molecule has 0 aliphatic heterocycles. The van der Waals surface area contributed by atoms with E-state index in [2.05, 4.69) is 0 Å². The summed E-state index contributed by atoms with van der Waals surface area (Å²) < 4.78 is 1.63. The van der Waals surface area contributed by atoms with Gasteiger partial charge in [-0.2, -0.15) is 0 Å². The van der Waals surface area contributed by atoms with Gasteiger partial charge in [-0.25, -0.2) is 0 Å². The molecule has 0 aliphatic rings. The average Bonchev–Trinajstić information content (AvgIpc) is 2.29. The molecule has 1 aromatic carbocycles. The van der Waals surface area contributed by atoms with E-state index in [1.807, 2.05) is 37.3 Å². The normalized spacial score (nSPS) is 10.3. The molecule has 2 rings (SSSR count). The number of nitrogens with zero attached hydrogens (tertiary/aromatic N) is 1. The lowest BCUT2D eigenvalue weighted by Crippen LogP contribution is -2.19. The molecule has 16 heavy (non-hydrogen) atoms. The molecular weight excluding hydrogens is 202 g/mol. The summed E-state index contributed by atoms with van der Waals surface area (Å²) in [4.78, 5) is 11.7. The van der Waals surface area contributed by atoms with Crippen LogP contribution in [0.15, 0.2) is 47.3 Å². The highest BCUT2D eigenvalue weighted by Gasteiger charge is 2.06. The zero-order valence-corrected chi connectivity index (χ0v) is 9.05. The average molecular weight is 215 g/mol. The van der Waals surface area contributed by atoms with E-state index < -0.39 is 0 Å². The third kappa shape index (κ3) is 1.84. The highest BCUT2D eigenvalue weighted by molar-refractivity contribution is 5.61. The van der Waals surface area contributed by atoms with Crippen molar-refractivity contribution < 1.29 is 5.11 Å². The van der Waals surface area contributed by atoms with Gasteiger partial charge < -0.3 is 9.67 Å². The maximum atomic E-state index is 11.7. The van der Waals surface area contributed by atoms with Crippen LogP contribution in [0.3, 0.4) is 0 Å². The number of pyridine rings is 1. The van der Waals surface area contributed by atoms with Crippen molar-refractivity contribution in [1.29, 1.82) is 0 Å². The van der Waals surface area contributed by atoms with Crippen molar-refractivity contribution in [2.75, 3.05) is 0 Å². The van der Waals surface area contributed by atoms with Gasteiger partial charge in [0.1, 0.15) is 5.75 Å². The fourth-order valence-corrected chi connectivity index (χ4v) is 1.76. The summed E-state index contributed by atoms with van der Waals surface area (Å²) in [5.74, 6) is 0.00792. The van der Waals surface area contributed by atoms with Gasteiger partial charge in [0.05, 0.1) is 5.69 Å². The van der Waals surface area contributed by atoms with E-state index in [0.29, 0.717) is 6.54 Å². The Kier molecular flexibility index (Phi) is 2.77. The molecule has 1 aromatic heterocycles. The first-order chi connectivity index (χ1) is 7.72. The van der Waals surface area contributed by atoms with Crippen LogP contribution in [0.5, 0.6) is 5.75 Å². The van der Waals surface area contributed by atoms with Crippen molar-refractivity contribution in [3.05, 3.63) is 52.8 Å². The van der Waals surface area contributed by atoms with Crippen LogP contribution in [-0.2, 0) is 6.54 Å². The molecule has 0 bridgehead atoms. The molecule has 0 unspecified atom stereocenters. The van der Waals surface area contributed by atoms with Gasteiger partial charge in [-0.3, -0.25) is 4.79 Å². The molecule has 0 atom stereocenters. The summed E-state index contributed by atoms with van der Waals surface area (Å²) in [6, 6.07) is 12.4. The highest BCUT2D eigenvalue weighted by atomic mass is 16.3. The van der Waals surface area contributed by atoms with Gasteiger partial charge in [0.15, 0.2) is 0 Å². The minimum atomic E-state index is -0.179. The third-order valence-electron chi connectivity index (χ3n) is 2.50. The molecule has 3 heteroatoms. The molecule has 0 saturated carbocycles. The monoisotopic (exact) mass is 215 g/mol. The van der Waals surface area contributed by atoms with E-state index in [1.165, 1.54) is 6.07 Å². The molecule has 82 valence electrons. The first kappa shape index (κ1) is 10.5. The Bertz CT molecular complexity index is 544. The smallest absolute Gasteiger partial charge is 0.254 e. The van der Waals surface area contributed by atoms with E-state index in [-0.39, 0.29) is 11.3 Å². The van der Waals surface area contributed by atoms with Crippen LogP contribution in [-0.4, -0.2) is 9.67 Å². The zero-order valence-electron chi connectivity index (χ0n) is 9.05. The molecule has 1 N–H and O–H groups in total. The molecule has 3 nitrogen and oxygen atoms in total. The Hall–Kier alpha value is -2.03. The van der Waals surface area contributed by atoms with Crippen molar-refractivity contribution >= 4 is 0 Å². The first-order valence-electron chi connectivity index (χ1n) is 5.21. The Morgan fingerprint density at radius 3 is 2.50 bits per heavy atom. The number of benzene rings is 1. The second-order valence-corrected chi connectivity index (χ2v) is 3.55. The van der Waals surface area contributed by atoms with Crippen molar-refractivity contribution in [3.8, 4) is 17.0 Å². The fraction of sp³-hybridized carbons (Fsp3) is 0.154. The lowest BCUT2D eigenvalue weighted by atomic mass is 10.1. The minimum absolute atomic E-state index is 0.00792. The van der Waals surface area contributed by atoms with Crippen LogP contribution in [0, 0.1) is 0 Å². The summed E-state index contributed by atoms with van der Waals surface area (Å²) in [5, 5.41) is 9.46. The van der Waals surface area contributed by atoms with E-state index in [0.717, 1.165) is 11.3 Å². The summed E-state index contributed by atoms with van der Waals surface area (Å²) in [5.41, 5.74) is 1.49. The van der Waals surface area contributed by atoms with Gasteiger partial charge in [0, 0.05) is 18.7 Å². The number of rotatable bonds is 2. The molecule has 1 heterocycles. The van der Waals surface area contributed by atoms with Gasteiger partial charge in [-0.05, 0) is 12.5 Å². The van der Waals surface area contributed by atoms with Crippen LogP contribution in [0.1, 0.15) is 6.92 Å². The predicted molar refractivity (Wildman–Crippen MR) is 63.5 cm³/mol. The quantitative estimate of drug-likeness (QED) is 0.834. The highest BCUT2D eigenvalue weighted by Crippen LogP contribution is 2.21. The van der Waals surface area contributed by atoms with E-state index >= 15 is 0 Å².